The molecule has 4 N–H and O–H groups in total. The fraction of sp³-hybridized carbons (Fsp3) is 0.269. The molecule has 0 atom stereocenters. The highest BCUT2D eigenvalue weighted by atomic mass is 32.2. The van der Waals surface area contributed by atoms with Crippen molar-refractivity contribution in [2.75, 3.05) is 7.11 Å². The molecule has 35 heavy (non-hydrogen) atoms. The Bertz CT molecular complexity index is 1500. The molecule has 0 aliphatic rings. The number of hydrogen-bond acceptors (Lipinski definition) is 7. The van der Waals surface area contributed by atoms with E-state index in [1.54, 1.807) is 0 Å². The van der Waals surface area contributed by atoms with Crippen molar-refractivity contribution in [1.29, 1.82) is 0 Å². The van der Waals surface area contributed by atoms with Crippen molar-refractivity contribution in [3.05, 3.63) is 68.9 Å². The molecule has 186 valence electrons. The summed E-state index contributed by atoms with van der Waals surface area (Å²) in [6.45, 7) is 7.59. The first-order valence-electron chi connectivity index (χ1n) is 10.9. The Morgan fingerprint density at radius 3 is 2.00 bits per heavy atom. The fourth-order valence-electron chi connectivity index (χ4n) is 3.67. The topological polar surface area (TPSA) is 140 Å². The standard InChI is InChI=1S/C26H29NO7S/c1-14(2)6-12-18-21(28)19(13-7-15(3)4)25-20(22(18)29)23(30)26(33-5)24(34-25)16-8-10-17(11-9-16)35(27,31)32/h6-11,28-29H,12-13H2,1-5H3,(H2,27,31,32). The van der Waals surface area contributed by atoms with Gasteiger partial charge in [0, 0.05) is 16.7 Å². The summed E-state index contributed by atoms with van der Waals surface area (Å²) in [5.74, 6) is -0.670. The maximum atomic E-state index is 13.5. The number of sulfonamides is 1. The molecular weight excluding hydrogens is 470 g/mol. The highest BCUT2D eigenvalue weighted by molar-refractivity contribution is 7.89. The van der Waals surface area contributed by atoms with Crippen LogP contribution in [0.5, 0.6) is 17.2 Å². The van der Waals surface area contributed by atoms with Crippen LogP contribution < -0.4 is 15.3 Å². The van der Waals surface area contributed by atoms with E-state index in [0.29, 0.717) is 11.1 Å². The smallest absolute Gasteiger partial charge is 0.239 e. The zero-order valence-electron chi connectivity index (χ0n) is 20.3. The molecule has 8 nitrogen and oxygen atoms in total. The Labute approximate surface area is 204 Å². The number of phenolic OH excluding ortho intramolecular Hbond substituents is 2. The van der Waals surface area contributed by atoms with Gasteiger partial charge in [0.05, 0.1) is 12.0 Å². The number of primary sulfonamides is 1. The Balaban J connectivity index is 2.42. The van der Waals surface area contributed by atoms with E-state index in [9.17, 15) is 23.4 Å². The molecule has 1 heterocycles. The molecule has 3 rings (SSSR count). The first kappa shape index (κ1) is 26.1. The summed E-state index contributed by atoms with van der Waals surface area (Å²) in [6.07, 6.45) is 4.19. The molecule has 0 aliphatic heterocycles. The van der Waals surface area contributed by atoms with Crippen molar-refractivity contribution >= 4 is 21.0 Å². The van der Waals surface area contributed by atoms with E-state index in [2.05, 4.69) is 0 Å². The zero-order chi connectivity index (χ0) is 26.1. The predicted molar refractivity (Wildman–Crippen MR) is 135 cm³/mol. The molecule has 0 bridgehead atoms. The Kier molecular flexibility index (Phi) is 7.42. The van der Waals surface area contributed by atoms with Crippen LogP contribution in [0.1, 0.15) is 38.8 Å². The van der Waals surface area contributed by atoms with E-state index in [0.717, 1.165) is 11.1 Å². The number of fused-ring (bicyclic) bond motifs is 1. The third kappa shape index (κ3) is 5.26. The minimum Gasteiger partial charge on any atom is -0.507 e. The SMILES string of the molecule is COc1c(-c2ccc(S(N)(=O)=O)cc2)oc2c(CC=C(C)C)c(O)c(CC=C(C)C)c(O)c2c1=O. The van der Waals surface area contributed by atoms with Crippen LogP contribution in [0.15, 0.2) is 61.7 Å². The first-order chi connectivity index (χ1) is 16.4. The third-order valence-electron chi connectivity index (χ3n) is 5.52. The maximum Gasteiger partial charge on any atom is 0.239 e. The van der Waals surface area contributed by atoms with Gasteiger partial charge in [-0.3, -0.25) is 4.79 Å². The Hall–Kier alpha value is -3.56. The number of rotatable bonds is 7. The molecule has 0 radical (unpaired) electrons. The number of ether oxygens (including phenoxy) is 1. The largest absolute Gasteiger partial charge is 0.507 e. The summed E-state index contributed by atoms with van der Waals surface area (Å²) in [7, 11) is -2.61. The molecule has 3 aromatic rings. The van der Waals surface area contributed by atoms with Gasteiger partial charge in [-0.15, -0.1) is 0 Å². The van der Waals surface area contributed by atoms with E-state index in [1.165, 1.54) is 31.4 Å². The van der Waals surface area contributed by atoms with Gasteiger partial charge in [0.25, 0.3) is 0 Å². The van der Waals surface area contributed by atoms with Crippen molar-refractivity contribution in [3.63, 3.8) is 0 Å². The highest BCUT2D eigenvalue weighted by Crippen LogP contribution is 2.42. The number of nitrogens with two attached hydrogens (primary N) is 1. The van der Waals surface area contributed by atoms with Gasteiger partial charge in [0.15, 0.2) is 5.76 Å². The summed E-state index contributed by atoms with van der Waals surface area (Å²) in [6, 6.07) is 5.45. The van der Waals surface area contributed by atoms with Gasteiger partial charge in [0.1, 0.15) is 22.5 Å². The quantitative estimate of drug-likeness (QED) is 0.405. The molecule has 0 aliphatic carbocycles. The second-order valence-corrected chi connectivity index (χ2v) is 10.3. The van der Waals surface area contributed by atoms with Crippen molar-refractivity contribution in [2.24, 2.45) is 5.14 Å². The summed E-state index contributed by atoms with van der Waals surface area (Å²) in [4.78, 5) is 13.4. The molecule has 2 aromatic carbocycles. The predicted octanol–water partition coefficient (Wildman–Crippen LogP) is 4.54. The monoisotopic (exact) mass is 499 g/mol. The van der Waals surface area contributed by atoms with Crippen LogP contribution in [0, 0.1) is 0 Å². The summed E-state index contributed by atoms with van der Waals surface area (Å²) < 4.78 is 34.7. The van der Waals surface area contributed by atoms with E-state index in [4.69, 9.17) is 14.3 Å². The van der Waals surface area contributed by atoms with Crippen LogP contribution in [-0.2, 0) is 22.9 Å². The van der Waals surface area contributed by atoms with E-state index in [1.807, 2.05) is 39.8 Å². The molecular formula is C26H29NO7S. The van der Waals surface area contributed by atoms with E-state index >= 15 is 0 Å². The fourth-order valence-corrected chi connectivity index (χ4v) is 4.18. The van der Waals surface area contributed by atoms with Crippen LogP contribution in [-0.4, -0.2) is 25.7 Å². The highest BCUT2D eigenvalue weighted by Gasteiger charge is 2.26. The van der Waals surface area contributed by atoms with Gasteiger partial charge in [-0.2, -0.15) is 0 Å². The maximum absolute atomic E-state index is 13.5. The van der Waals surface area contributed by atoms with Gasteiger partial charge in [-0.05, 0) is 64.8 Å². The molecule has 0 unspecified atom stereocenters. The normalized spacial score (nSPS) is 11.4. The molecule has 9 heteroatoms. The number of hydrogen-bond donors (Lipinski definition) is 3. The number of methoxy groups -OCH3 is 1. The van der Waals surface area contributed by atoms with Crippen LogP contribution in [0.3, 0.4) is 0 Å². The molecule has 0 amide bonds. The van der Waals surface area contributed by atoms with E-state index < -0.39 is 15.5 Å². The number of phenols is 2. The molecule has 0 fully saturated rings. The second-order valence-electron chi connectivity index (χ2n) is 8.69. The number of aromatic hydroxyl groups is 2. The zero-order valence-corrected chi connectivity index (χ0v) is 21.1. The molecule has 1 aromatic heterocycles. The van der Waals surface area contributed by atoms with Gasteiger partial charge >= 0.3 is 0 Å². The average Bonchev–Trinajstić information content (AvgIpc) is 2.77. The Morgan fingerprint density at radius 2 is 1.51 bits per heavy atom. The van der Waals surface area contributed by atoms with Crippen LogP contribution in [0.25, 0.3) is 22.3 Å². The Morgan fingerprint density at radius 1 is 0.971 bits per heavy atom. The lowest BCUT2D eigenvalue weighted by molar-refractivity contribution is 0.396. The summed E-state index contributed by atoms with van der Waals surface area (Å²) in [5.41, 5.74) is 2.30. The van der Waals surface area contributed by atoms with Crippen LogP contribution >= 0.6 is 0 Å². The summed E-state index contributed by atoms with van der Waals surface area (Å²) in [5, 5.41) is 27.2. The van der Waals surface area contributed by atoms with Crippen LogP contribution in [0.2, 0.25) is 0 Å². The van der Waals surface area contributed by atoms with Crippen molar-refractivity contribution in [3.8, 4) is 28.6 Å². The van der Waals surface area contributed by atoms with Gasteiger partial charge in [-0.1, -0.05) is 23.3 Å². The molecule has 0 saturated carbocycles. The van der Waals surface area contributed by atoms with Gasteiger partial charge < -0.3 is 19.4 Å². The lowest BCUT2D eigenvalue weighted by Crippen LogP contribution is -2.12. The van der Waals surface area contributed by atoms with Crippen molar-refractivity contribution in [2.45, 2.75) is 45.4 Å². The summed E-state index contributed by atoms with van der Waals surface area (Å²) >= 11 is 0. The third-order valence-corrected chi connectivity index (χ3v) is 6.45. The average molecular weight is 500 g/mol. The lowest BCUT2D eigenvalue weighted by atomic mass is 9.96. The number of benzene rings is 2. The minimum absolute atomic E-state index is 0.0229. The number of allylic oxidation sites excluding steroid dienone is 4. The van der Waals surface area contributed by atoms with Crippen molar-refractivity contribution in [1.82, 2.24) is 0 Å². The van der Waals surface area contributed by atoms with Gasteiger partial charge in [-0.25, -0.2) is 13.6 Å². The first-order valence-corrected chi connectivity index (χ1v) is 12.4. The second kappa shape index (κ2) is 9.97. The molecule has 0 saturated heterocycles. The van der Waals surface area contributed by atoms with Crippen molar-refractivity contribution < 1.29 is 27.8 Å². The lowest BCUT2D eigenvalue weighted by Gasteiger charge is -2.16. The molecule has 0 spiro atoms. The minimum atomic E-state index is -3.91. The van der Waals surface area contributed by atoms with E-state index in [-0.39, 0.29) is 57.3 Å². The van der Waals surface area contributed by atoms with Gasteiger partial charge in [0.2, 0.25) is 21.2 Å². The van der Waals surface area contributed by atoms with Crippen LogP contribution in [0.4, 0.5) is 0 Å².